The van der Waals surface area contributed by atoms with Gasteiger partial charge in [-0.25, -0.2) is 0 Å². The van der Waals surface area contributed by atoms with Gasteiger partial charge in [0.05, 0.1) is 5.54 Å². The Hall–Kier alpha value is -0.0300. The van der Waals surface area contributed by atoms with Gasteiger partial charge in [-0.3, -0.25) is 4.79 Å². The molecule has 1 amide bonds. The third-order valence-electron chi connectivity index (χ3n) is 4.03. The zero-order chi connectivity index (χ0) is 13.4. The molecule has 3 N–H and O–H groups in total. The van der Waals surface area contributed by atoms with Crippen molar-refractivity contribution >= 4 is 30.7 Å². The average molecular weight is 328 g/mol. The summed E-state index contributed by atoms with van der Waals surface area (Å²) >= 11 is 0. The molecule has 0 saturated heterocycles. The zero-order valence-corrected chi connectivity index (χ0v) is 14.5. The third kappa shape index (κ3) is 7.11. The molecule has 1 aliphatic carbocycles. The summed E-state index contributed by atoms with van der Waals surface area (Å²) in [6.45, 7) is 8.27. The Morgan fingerprint density at radius 1 is 1.15 bits per heavy atom. The summed E-state index contributed by atoms with van der Waals surface area (Å²) in [7, 11) is 0. The average Bonchev–Trinajstić information content (AvgIpc) is 2.39. The maximum absolute atomic E-state index is 12.1. The topological polar surface area (TPSA) is 58.4 Å². The minimum Gasteiger partial charge on any atom is -0.354 e. The first-order valence-electron chi connectivity index (χ1n) is 7.42. The quantitative estimate of drug-likeness (QED) is 0.705. The Balaban J connectivity index is 0. The lowest BCUT2D eigenvalue weighted by molar-refractivity contribution is -0.127. The molecular weight excluding hydrogens is 297 g/mol. The van der Waals surface area contributed by atoms with Crippen LogP contribution in [0.2, 0.25) is 0 Å². The van der Waals surface area contributed by atoms with E-state index in [0.29, 0.717) is 0 Å². The van der Waals surface area contributed by atoms with Crippen LogP contribution in [0.1, 0.15) is 52.4 Å². The predicted molar refractivity (Wildman–Crippen MR) is 89.9 cm³/mol. The minimum absolute atomic E-state index is 0. The Labute approximate surface area is 136 Å². The van der Waals surface area contributed by atoms with E-state index in [1.807, 2.05) is 0 Å². The van der Waals surface area contributed by atoms with E-state index >= 15 is 0 Å². The van der Waals surface area contributed by atoms with Gasteiger partial charge in [0.2, 0.25) is 5.91 Å². The number of amides is 1. The fourth-order valence-corrected chi connectivity index (χ4v) is 2.63. The molecule has 0 radical (unpaired) electrons. The van der Waals surface area contributed by atoms with Crippen molar-refractivity contribution in [3.05, 3.63) is 0 Å². The van der Waals surface area contributed by atoms with Crippen LogP contribution in [-0.4, -0.2) is 42.5 Å². The van der Waals surface area contributed by atoms with Gasteiger partial charge in [-0.15, -0.1) is 24.8 Å². The summed E-state index contributed by atoms with van der Waals surface area (Å²) in [5, 5.41) is 3.01. The molecule has 1 aliphatic rings. The second-order valence-corrected chi connectivity index (χ2v) is 5.35. The van der Waals surface area contributed by atoms with Gasteiger partial charge in [0.15, 0.2) is 0 Å². The van der Waals surface area contributed by atoms with E-state index in [0.717, 1.165) is 58.3 Å². The summed E-state index contributed by atoms with van der Waals surface area (Å²) < 4.78 is 0. The van der Waals surface area contributed by atoms with E-state index in [4.69, 9.17) is 5.73 Å². The van der Waals surface area contributed by atoms with E-state index < -0.39 is 5.54 Å². The van der Waals surface area contributed by atoms with Crippen LogP contribution in [-0.2, 0) is 4.79 Å². The number of nitrogens with two attached hydrogens (primary N) is 1. The third-order valence-corrected chi connectivity index (χ3v) is 4.03. The fourth-order valence-electron chi connectivity index (χ4n) is 2.63. The molecule has 0 aromatic heterocycles. The highest BCUT2D eigenvalue weighted by molar-refractivity contribution is 5.86. The van der Waals surface area contributed by atoms with Crippen molar-refractivity contribution in [1.29, 1.82) is 0 Å². The van der Waals surface area contributed by atoms with Crippen LogP contribution in [0.3, 0.4) is 0 Å². The van der Waals surface area contributed by atoms with E-state index in [-0.39, 0.29) is 30.7 Å². The monoisotopic (exact) mass is 327 g/mol. The Bertz CT molecular complexity index is 255. The van der Waals surface area contributed by atoms with Gasteiger partial charge >= 0.3 is 0 Å². The van der Waals surface area contributed by atoms with Crippen LogP contribution in [0.4, 0.5) is 0 Å². The molecule has 0 atom stereocenters. The molecule has 1 fully saturated rings. The van der Waals surface area contributed by atoms with E-state index in [2.05, 4.69) is 24.1 Å². The highest BCUT2D eigenvalue weighted by Gasteiger charge is 2.34. The van der Waals surface area contributed by atoms with Crippen molar-refractivity contribution in [2.45, 2.75) is 57.9 Å². The first-order chi connectivity index (χ1) is 8.62. The molecule has 0 heterocycles. The molecule has 0 aliphatic heterocycles. The number of hydrogen-bond acceptors (Lipinski definition) is 3. The Kier molecular flexibility index (Phi) is 12.9. The van der Waals surface area contributed by atoms with Crippen molar-refractivity contribution in [2.75, 3.05) is 26.2 Å². The summed E-state index contributed by atoms with van der Waals surface area (Å²) in [4.78, 5) is 14.4. The summed E-state index contributed by atoms with van der Waals surface area (Å²) in [6.07, 6.45) is 6.08. The molecule has 0 unspecified atom stereocenters. The highest BCUT2D eigenvalue weighted by atomic mass is 35.5. The standard InChI is InChI=1S/C14H29N3O.2ClH/c1-3-17(4-2)12-8-11-16-13(18)14(15)9-6-5-7-10-14;;/h3-12,15H2,1-2H3,(H,16,18);2*1H. The number of hydrogen-bond donors (Lipinski definition) is 2. The van der Waals surface area contributed by atoms with Crippen LogP contribution in [0.15, 0.2) is 0 Å². The van der Waals surface area contributed by atoms with Crippen molar-refractivity contribution in [3.63, 3.8) is 0 Å². The number of nitrogens with zero attached hydrogens (tertiary/aromatic N) is 1. The smallest absolute Gasteiger partial charge is 0.240 e. The largest absolute Gasteiger partial charge is 0.354 e. The van der Waals surface area contributed by atoms with Crippen molar-refractivity contribution < 1.29 is 4.79 Å². The molecule has 0 aromatic rings. The van der Waals surface area contributed by atoms with E-state index in [9.17, 15) is 4.79 Å². The van der Waals surface area contributed by atoms with Crippen molar-refractivity contribution in [2.24, 2.45) is 5.73 Å². The molecule has 122 valence electrons. The Morgan fingerprint density at radius 3 is 2.20 bits per heavy atom. The number of nitrogens with one attached hydrogen (secondary N) is 1. The second-order valence-electron chi connectivity index (χ2n) is 5.35. The fraction of sp³-hybridized carbons (Fsp3) is 0.929. The van der Waals surface area contributed by atoms with Gasteiger partial charge in [-0.05, 0) is 38.9 Å². The van der Waals surface area contributed by atoms with Gasteiger partial charge in [0, 0.05) is 6.54 Å². The number of rotatable bonds is 7. The summed E-state index contributed by atoms with van der Waals surface area (Å²) in [6, 6.07) is 0. The van der Waals surface area contributed by atoms with Crippen LogP contribution >= 0.6 is 24.8 Å². The maximum Gasteiger partial charge on any atom is 0.240 e. The van der Waals surface area contributed by atoms with Gasteiger partial charge in [-0.1, -0.05) is 33.1 Å². The minimum atomic E-state index is -0.590. The normalized spacial score (nSPS) is 17.0. The molecule has 6 heteroatoms. The first kappa shape index (κ1) is 22.3. The lowest BCUT2D eigenvalue weighted by Gasteiger charge is -2.31. The van der Waals surface area contributed by atoms with Crippen LogP contribution in [0.25, 0.3) is 0 Å². The lowest BCUT2D eigenvalue weighted by atomic mass is 9.82. The van der Waals surface area contributed by atoms with Crippen LogP contribution < -0.4 is 11.1 Å². The van der Waals surface area contributed by atoms with Gasteiger partial charge < -0.3 is 16.0 Å². The Morgan fingerprint density at radius 2 is 1.70 bits per heavy atom. The highest BCUT2D eigenvalue weighted by Crippen LogP contribution is 2.25. The van der Waals surface area contributed by atoms with Crippen LogP contribution in [0.5, 0.6) is 0 Å². The van der Waals surface area contributed by atoms with Crippen molar-refractivity contribution in [3.8, 4) is 0 Å². The number of carbonyl (C=O) groups excluding carboxylic acids is 1. The summed E-state index contributed by atoms with van der Waals surface area (Å²) in [5.41, 5.74) is 5.58. The van der Waals surface area contributed by atoms with Gasteiger partial charge in [0.25, 0.3) is 0 Å². The van der Waals surface area contributed by atoms with Crippen LogP contribution in [0, 0.1) is 0 Å². The molecular formula is C14H31Cl2N3O. The summed E-state index contributed by atoms with van der Waals surface area (Å²) in [5.74, 6) is 0.0572. The van der Waals surface area contributed by atoms with E-state index in [1.165, 1.54) is 6.42 Å². The number of halogens is 2. The number of carbonyl (C=O) groups is 1. The SMILES string of the molecule is CCN(CC)CCCNC(=O)C1(N)CCCCC1.Cl.Cl. The molecule has 0 bridgehead atoms. The molecule has 1 saturated carbocycles. The van der Waals surface area contributed by atoms with Gasteiger partial charge in [0.1, 0.15) is 0 Å². The molecule has 1 rings (SSSR count). The predicted octanol–water partition coefficient (Wildman–Crippen LogP) is 2.34. The lowest BCUT2D eigenvalue weighted by Crippen LogP contribution is -2.55. The first-order valence-corrected chi connectivity index (χ1v) is 7.42. The second kappa shape index (κ2) is 11.6. The molecule has 4 nitrogen and oxygen atoms in total. The van der Waals surface area contributed by atoms with Gasteiger partial charge in [-0.2, -0.15) is 0 Å². The molecule has 20 heavy (non-hydrogen) atoms. The molecule has 0 spiro atoms. The molecule has 0 aromatic carbocycles. The maximum atomic E-state index is 12.1. The van der Waals surface area contributed by atoms with E-state index in [1.54, 1.807) is 0 Å². The zero-order valence-electron chi connectivity index (χ0n) is 12.8. The van der Waals surface area contributed by atoms with Crippen molar-refractivity contribution in [1.82, 2.24) is 10.2 Å².